The average Bonchev–Trinajstić information content (AvgIpc) is 2.56. The van der Waals surface area contributed by atoms with Gasteiger partial charge < -0.3 is 0 Å². The molecule has 0 N–H and O–H groups in total. The van der Waals surface area contributed by atoms with E-state index < -0.39 is 5.82 Å². The molecule has 1 atom stereocenters. The van der Waals surface area contributed by atoms with E-state index in [0.717, 1.165) is 17.9 Å². The van der Waals surface area contributed by atoms with Gasteiger partial charge >= 0.3 is 0 Å². The minimum absolute atomic E-state index is 0.131. The van der Waals surface area contributed by atoms with Crippen molar-refractivity contribution in [1.82, 2.24) is 0 Å². The fourth-order valence-electron chi connectivity index (χ4n) is 3.28. The van der Waals surface area contributed by atoms with Gasteiger partial charge in [-0.05, 0) is 66.6 Å². The Morgan fingerprint density at radius 3 is 2.57 bits per heavy atom. The van der Waals surface area contributed by atoms with Gasteiger partial charge in [0.2, 0.25) is 0 Å². The third kappa shape index (κ3) is 3.95. The molecule has 0 amide bonds. The van der Waals surface area contributed by atoms with E-state index in [2.05, 4.69) is 37.0 Å². The summed E-state index contributed by atoms with van der Waals surface area (Å²) < 4.78 is 13.4. The molecule has 3 rings (SSSR count). The zero-order chi connectivity index (χ0) is 16.2. The Hall–Kier alpha value is -1.78. The molecule has 0 aromatic heterocycles. The quantitative estimate of drug-likeness (QED) is 0.613. The largest absolute Gasteiger partial charge is 0.205 e. The van der Waals surface area contributed by atoms with Crippen molar-refractivity contribution in [1.29, 1.82) is 0 Å². The first-order valence-electron chi connectivity index (χ1n) is 8.24. The summed E-state index contributed by atoms with van der Waals surface area (Å²) in [6.07, 6.45) is 6.20. The molecular formula is C21H20ClF. The van der Waals surface area contributed by atoms with Crippen LogP contribution in [0.4, 0.5) is 4.39 Å². The van der Waals surface area contributed by atoms with Crippen molar-refractivity contribution in [3.63, 3.8) is 0 Å². The maximum atomic E-state index is 13.4. The molecule has 1 unspecified atom stereocenters. The number of aryl methyl sites for hydroxylation is 1. The van der Waals surface area contributed by atoms with Gasteiger partial charge in [0.05, 0.1) is 5.02 Å². The van der Waals surface area contributed by atoms with E-state index in [1.807, 2.05) is 0 Å². The van der Waals surface area contributed by atoms with Gasteiger partial charge in [0.25, 0.3) is 0 Å². The van der Waals surface area contributed by atoms with Crippen molar-refractivity contribution in [3.05, 3.63) is 69.5 Å². The molecule has 23 heavy (non-hydrogen) atoms. The lowest BCUT2D eigenvalue weighted by atomic mass is 9.81. The van der Waals surface area contributed by atoms with Crippen LogP contribution < -0.4 is 0 Å². The van der Waals surface area contributed by atoms with Crippen molar-refractivity contribution < 1.29 is 4.39 Å². The van der Waals surface area contributed by atoms with Gasteiger partial charge in [-0.3, -0.25) is 0 Å². The standard InChI is InChI=1S/C21H20ClF/c1-2-3-15-6-9-19-13-16(7-10-18(19)12-15)4-5-17-8-11-20(22)21(23)14-17/h7-8,10-11,13-15H,2-3,6,9,12H2,1H3. The molecule has 0 spiro atoms. The second kappa shape index (κ2) is 7.20. The lowest BCUT2D eigenvalue weighted by molar-refractivity contribution is 0.423. The van der Waals surface area contributed by atoms with Crippen LogP contribution in [0.3, 0.4) is 0 Å². The number of fused-ring (bicyclic) bond motifs is 1. The third-order valence-electron chi connectivity index (χ3n) is 4.50. The van der Waals surface area contributed by atoms with Gasteiger partial charge in [0, 0.05) is 11.1 Å². The van der Waals surface area contributed by atoms with E-state index in [1.165, 1.54) is 42.9 Å². The fraction of sp³-hybridized carbons (Fsp3) is 0.333. The van der Waals surface area contributed by atoms with Gasteiger partial charge in [0.1, 0.15) is 5.82 Å². The van der Waals surface area contributed by atoms with E-state index in [1.54, 1.807) is 12.1 Å². The van der Waals surface area contributed by atoms with Gasteiger partial charge in [-0.15, -0.1) is 0 Å². The normalized spacial score (nSPS) is 16.4. The Morgan fingerprint density at radius 2 is 1.83 bits per heavy atom. The first kappa shape index (κ1) is 16.1. The molecule has 0 bridgehead atoms. The van der Waals surface area contributed by atoms with Crippen molar-refractivity contribution in [3.8, 4) is 11.8 Å². The maximum Gasteiger partial charge on any atom is 0.143 e. The average molecular weight is 327 g/mol. The molecule has 0 aliphatic heterocycles. The minimum Gasteiger partial charge on any atom is -0.205 e. The molecule has 1 aliphatic carbocycles. The molecule has 2 aromatic carbocycles. The SMILES string of the molecule is CCCC1CCc2cc(C#Cc3ccc(Cl)c(F)c3)ccc2C1. The Balaban J connectivity index is 1.78. The number of halogens is 2. The predicted molar refractivity (Wildman–Crippen MR) is 94.3 cm³/mol. The first-order chi connectivity index (χ1) is 11.2. The first-order valence-corrected chi connectivity index (χ1v) is 8.62. The topological polar surface area (TPSA) is 0 Å². The van der Waals surface area contributed by atoms with Crippen LogP contribution in [-0.4, -0.2) is 0 Å². The van der Waals surface area contributed by atoms with Gasteiger partial charge in [-0.2, -0.15) is 0 Å². The molecule has 2 heteroatoms. The summed E-state index contributed by atoms with van der Waals surface area (Å²) in [6, 6.07) is 11.1. The van der Waals surface area contributed by atoms with E-state index in [-0.39, 0.29) is 5.02 Å². The zero-order valence-electron chi connectivity index (χ0n) is 13.3. The Kier molecular flexibility index (Phi) is 5.03. The number of hydrogen-bond acceptors (Lipinski definition) is 0. The fourth-order valence-corrected chi connectivity index (χ4v) is 3.40. The monoisotopic (exact) mass is 326 g/mol. The van der Waals surface area contributed by atoms with Crippen molar-refractivity contribution >= 4 is 11.6 Å². The lowest BCUT2D eigenvalue weighted by Crippen LogP contribution is -2.14. The number of benzene rings is 2. The van der Waals surface area contributed by atoms with Gasteiger partial charge in [0.15, 0.2) is 0 Å². The summed E-state index contributed by atoms with van der Waals surface area (Å²) in [5, 5.41) is 0.131. The highest BCUT2D eigenvalue weighted by molar-refractivity contribution is 6.30. The summed E-state index contributed by atoms with van der Waals surface area (Å²) in [4.78, 5) is 0. The third-order valence-corrected chi connectivity index (χ3v) is 4.81. The Bertz CT molecular complexity index is 767. The molecule has 0 saturated heterocycles. The van der Waals surface area contributed by atoms with Crippen LogP contribution >= 0.6 is 11.6 Å². The summed E-state index contributed by atoms with van der Waals surface area (Å²) in [5.74, 6) is 6.56. The van der Waals surface area contributed by atoms with Crippen LogP contribution in [0.1, 0.15) is 48.4 Å². The van der Waals surface area contributed by atoms with E-state index in [9.17, 15) is 4.39 Å². The molecule has 0 heterocycles. The van der Waals surface area contributed by atoms with Gasteiger partial charge in [-0.1, -0.05) is 49.3 Å². The van der Waals surface area contributed by atoms with Crippen LogP contribution in [0.25, 0.3) is 0 Å². The van der Waals surface area contributed by atoms with Crippen LogP contribution in [0.15, 0.2) is 36.4 Å². The molecule has 0 radical (unpaired) electrons. The van der Waals surface area contributed by atoms with Crippen LogP contribution in [0, 0.1) is 23.6 Å². The van der Waals surface area contributed by atoms with E-state index >= 15 is 0 Å². The smallest absolute Gasteiger partial charge is 0.143 e. The van der Waals surface area contributed by atoms with Crippen molar-refractivity contribution in [2.75, 3.05) is 0 Å². The molecular weight excluding hydrogens is 307 g/mol. The highest BCUT2D eigenvalue weighted by atomic mass is 35.5. The van der Waals surface area contributed by atoms with Crippen LogP contribution in [0.5, 0.6) is 0 Å². The summed E-state index contributed by atoms with van der Waals surface area (Å²) >= 11 is 5.69. The molecule has 0 fully saturated rings. The minimum atomic E-state index is -0.425. The van der Waals surface area contributed by atoms with Crippen LogP contribution in [0.2, 0.25) is 5.02 Å². The molecule has 0 nitrogen and oxygen atoms in total. The second-order valence-corrected chi connectivity index (χ2v) is 6.67. The predicted octanol–water partition coefficient (Wildman–Crippen LogP) is 5.78. The van der Waals surface area contributed by atoms with Crippen LogP contribution in [-0.2, 0) is 12.8 Å². The highest BCUT2D eigenvalue weighted by Crippen LogP contribution is 2.29. The Morgan fingerprint density at radius 1 is 1.09 bits per heavy atom. The van der Waals surface area contributed by atoms with E-state index in [0.29, 0.717) is 5.56 Å². The maximum absolute atomic E-state index is 13.4. The van der Waals surface area contributed by atoms with Crippen molar-refractivity contribution in [2.45, 2.75) is 39.0 Å². The zero-order valence-corrected chi connectivity index (χ0v) is 14.1. The van der Waals surface area contributed by atoms with Gasteiger partial charge in [-0.25, -0.2) is 4.39 Å². The molecule has 0 saturated carbocycles. The molecule has 118 valence electrons. The second-order valence-electron chi connectivity index (χ2n) is 6.26. The summed E-state index contributed by atoms with van der Waals surface area (Å²) in [7, 11) is 0. The summed E-state index contributed by atoms with van der Waals surface area (Å²) in [6.45, 7) is 2.26. The molecule has 1 aliphatic rings. The van der Waals surface area contributed by atoms with E-state index in [4.69, 9.17) is 11.6 Å². The number of hydrogen-bond donors (Lipinski definition) is 0. The highest BCUT2D eigenvalue weighted by Gasteiger charge is 2.17. The molecule has 2 aromatic rings. The van der Waals surface area contributed by atoms with Crippen molar-refractivity contribution in [2.24, 2.45) is 5.92 Å². The lowest BCUT2D eigenvalue weighted by Gasteiger charge is -2.24. The summed E-state index contributed by atoms with van der Waals surface area (Å²) in [5.41, 5.74) is 4.53. The Labute approximate surface area is 142 Å². The number of rotatable bonds is 2.